The normalized spacial score (nSPS) is 15.6. The average molecular weight is 279 g/mol. The lowest BCUT2D eigenvalue weighted by Crippen LogP contribution is -2.33. The van der Waals surface area contributed by atoms with Gasteiger partial charge in [-0.1, -0.05) is 0 Å². The molecule has 0 saturated heterocycles. The Kier molecular flexibility index (Phi) is 4.49. The van der Waals surface area contributed by atoms with Gasteiger partial charge in [0.15, 0.2) is 6.61 Å². The molecule has 20 heavy (non-hydrogen) atoms. The van der Waals surface area contributed by atoms with Crippen molar-refractivity contribution in [3.8, 4) is 11.5 Å². The zero-order valence-electron chi connectivity index (χ0n) is 12.1. The van der Waals surface area contributed by atoms with E-state index < -0.39 is 6.10 Å². The first-order valence-electron chi connectivity index (χ1n) is 6.77. The summed E-state index contributed by atoms with van der Waals surface area (Å²) < 4.78 is 10.7. The highest BCUT2D eigenvalue weighted by Crippen LogP contribution is 2.30. The van der Waals surface area contributed by atoms with E-state index in [2.05, 4.69) is 0 Å². The molecule has 0 aliphatic heterocycles. The van der Waals surface area contributed by atoms with Crippen LogP contribution in [0.3, 0.4) is 0 Å². The van der Waals surface area contributed by atoms with Crippen LogP contribution in [0.5, 0.6) is 11.5 Å². The Balaban J connectivity index is 2.04. The predicted molar refractivity (Wildman–Crippen MR) is 74.9 cm³/mol. The molecule has 1 unspecified atom stereocenters. The van der Waals surface area contributed by atoms with Crippen molar-refractivity contribution in [3.05, 3.63) is 23.8 Å². The molecule has 1 saturated carbocycles. The van der Waals surface area contributed by atoms with Crippen LogP contribution in [0.25, 0.3) is 0 Å². The summed E-state index contributed by atoms with van der Waals surface area (Å²) in [7, 11) is 3.36. The van der Waals surface area contributed by atoms with E-state index in [-0.39, 0.29) is 12.5 Å². The van der Waals surface area contributed by atoms with Gasteiger partial charge in [-0.15, -0.1) is 0 Å². The summed E-state index contributed by atoms with van der Waals surface area (Å²) in [5.41, 5.74) is 0.646. The number of ether oxygens (including phenoxy) is 2. The molecule has 0 aromatic heterocycles. The van der Waals surface area contributed by atoms with Crippen LogP contribution in [-0.4, -0.2) is 42.7 Å². The zero-order chi connectivity index (χ0) is 14.7. The molecule has 1 fully saturated rings. The van der Waals surface area contributed by atoms with Crippen LogP contribution in [0.4, 0.5) is 0 Å². The number of aliphatic hydroxyl groups is 1. The van der Waals surface area contributed by atoms with E-state index >= 15 is 0 Å². The van der Waals surface area contributed by atoms with Crippen LogP contribution in [0.1, 0.15) is 31.4 Å². The van der Waals surface area contributed by atoms with Crippen molar-refractivity contribution < 1.29 is 19.4 Å². The Labute approximate surface area is 119 Å². The van der Waals surface area contributed by atoms with Crippen molar-refractivity contribution >= 4 is 5.91 Å². The van der Waals surface area contributed by atoms with Crippen molar-refractivity contribution in [3.63, 3.8) is 0 Å². The molecule has 5 nitrogen and oxygen atoms in total. The van der Waals surface area contributed by atoms with Crippen LogP contribution in [0.15, 0.2) is 18.2 Å². The quantitative estimate of drug-likeness (QED) is 0.862. The van der Waals surface area contributed by atoms with Gasteiger partial charge >= 0.3 is 0 Å². The molecular formula is C15H21NO4. The highest BCUT2D eigenvalue weighted by Gasteiger charge is 2.29. The number of benzene rings is 1. The molecule has 2 rings (SSSR count). The maximum atomic E-state index is 11.9. The minimum Gasteiger partial charge on any atom is -0.497 e. The number of amides is 1. The SMILES string of the molecule is COc1ccc(C(C)O)c(OCC(=O)N(C)C2CC2)c1. The second kappa shape index (κ2) is 6.13. The topological polar surface area (TPSA) is 59.0 Å². The monoisotopic (exact) mass is 279 g/mol. The van der Waals surface area contributed by atoms with Gasteiger partial charge in [-0.25, -0.2) is 0 Å². The standard InChI is InChI=1S/C15H21NO4/c1-10(17)13-7-6-12(19-3)8-14(13)20-9-15(18)16(2)11-4-5-11/h6-8,10-11,17H,4-5,9H2,1-3H3. The molecule has 0 heterocycles. The first-order chi connectivity index (χ1) is 9.52. The van der Waals surface area contributed by atoms with Crippen molar-refractivity contribution in [2.24, 2.45) is 0 Å². The molecule has 0 spiro atoms. The van der Waals surface area contributed by atoms with E-state index in [4.69, 9.17) is 9.47 Å². The van der Waals surface area contributed by atoms with Gasteiger partial charge in [-0.05, 0) is 31.9 Å². The van der Waals surface area contributed by atoms with Crippen molar-refractivity contribution in [1.82, 2.24) is 4.90 Å². The van der Waals surface area contributed by atoms with Gasteiger partial charge in [0.2, 0.25) is 0 Å². The number of hydrogen-bond donors (Lipinski definition) is 1. The molecule has 1 aliphatic rings. The van der Waals surface area contributed by atoms with Gasteiger partial charge in [-0.2, -0.15) is 0 Å². The smallest absolute Gasteiger partial charge is 0.260 e. The molecular weight excluding hydrogens is 258 g/mol. The number of carbonyl (C=O) groups excluding carboxylic acids is 1. The summed E-state index contributed by atoms with van der Waals surface area (Å²) in [6.07, 6.45) is 1.48. The molecule has 1 aliphatic carbocycles. The molecule has 110 valence electrons. The highest BCUT2D eigenvalue weighted by molar-refractivity contribution is 5.78. The lowest BCUT2D eigenvalue weighted by Gasteiger charge is -2.18. The van der Waals surface area contributed by atoms with E-state index in [1.807, 2.05) is 0 Å². The predicted octanol–water partition coefficient (Wildman–Crippen LogP) is 1.75. The van der Waals surface area contributed by atoms with Crippen LogP contribution >= 0.6 is 0 Å². The Hall–Kier alpha value is -1.75. The number of likely N-dealkylation sites (N-methyl/N-ethyl adjacent to an activating group) is 1. The Morgan fingerprint density at radius 2 is 2.20 bits per heavy atom. The number of rotatable bonds is 6. The van der Waals surface area contributed by atoms with E-state index in [9.17, 15) is 9.90 Å². The van der Waals surface area contributed by atoms with E-state index in [1.54, 1.807) is 44.2 Å². The number of aliphatic hydroxyl groups excluding tert-OH is 1. The molecule has 1 aromatic carbocycles. The van der Waals surface area contributed by atoms with Crippen LogP contribution < -0.4 is 9.47 Å². The van der Waals surface area contributed by atoms with Crippen molar-refractivity contribution in [1.29, 1.82) is 0 Å². The van der Waals surface area contributed by atoms with Crippen molar-refractivity contribution in [2.45, 2.75) is 31.9 Å². The minimum atomic E-state index is -0.660. The van der Waals surface area contributed by atoms with E-state index in [1.165, 1.54) is 0 Å². The fourth-order valence-corrected chi connectivity index (χ4v) is 2.02. The Morgan fingerprint density at radius 1 is 1.50 bits per heavy atom. The number of carbonyl (C=O) groups is 1. The van der Waals surface area contributed by atoms with Gasteiger partial charge in [0.05, 0.1) is 13.2 Å². The maximum absolute atomic E-state index is 11.9. The van der Waals surface area contributed by atoms with Crippen molar-refractivity contribution in [2.75, 3.05) is 20.8 Å². The fourth-order valence-electron chi connectivity index (χ4n) is 2.02. The van der Waals surface area contributed by atoms with Crippen LogP contribution in [0.2, 0.25) is 0 Å². The summed E-state index contributed by atoms with van der Waals surface area (Å²) in [5, 5.41) is 9.72. The summed E-state index contributed by atoms with van der Waals surface area (Å²) in [6.45, 7) is 1.63. The molecule has 1 atom stereocenters. The first kappa shape index (κ1) is 14.7. The third kappa shape index (κ3) is 3.42. The molecule has 0 bridgehead atoms. The summed E-state index contributed by atoms with van der Waals surface area (Å²) >= 11 is 0. The summed E-state index contributed by atoms with van der Waals surface area (Å²) in [6, 6.07) is 5.56. The molecule has 1 aromatic rings. The minimum absolute atomic E-state index is 0.0279. The fraction of sp³-hybridized carbons (Fsp3) is 0.533. The van der Waals surface area contributed by atoms with Gasteiger partial charge in [-0.3, -0.25) is 4.79 Å². The second-order valence-corrected chi connectivity index (χ2v) is 5.10. The number of methoxy groups -OCH3 is 1. The van der Waals surface area contributed by atoms with Gasteiger partial charge < -0.3 is 19.5 Å². The molecule has 1 N–H and O–H groups in total. The third-order valence-corrected chi connectivity index (χ3v) is 3.51. The second-order valence-electron chi connectivity index (χ2n) is 5.10. The van der Waals surface area contributed by atoms with Crippen LogP contribution in [0, 0.1) is 0 Å². The lowest BCUT2D eigenvalue weighted by atomic mass is 10.1. The van der Waals surface area contributed by atoms with Gasteiger partial charge in [0.25, 0.3) is 5.91 Å². The van der Waals surface area contributed by atoms with E-state index in [0.29, 0.717) is 23.1 Å². The number of nitrogens with zero attached hydrogens (tertiary/aromatic N) is 1. The lowest BCUT2D eigenvalue weighted by molar-refractivity contribution is -0.132. The highest BCUT2D eigenvalue weighted by atomic mass is 16.5. The largest absolute Gasteiger partial charge is 0.497 e. The molecule has 1 amide bonds. The maximum Gasteiger partial charge on any atom is 0.260 e. The summed E-state index contributed by atoms with van der Waals surface area (Å²) in [4.78, 5) is 13.7. The first-order valence-corrected chi connectivity index (χ1v) is 6.77. The Morgan fingerprint density at radius 3 is 2.75 bits per heavy atom. The van der Waals surface area contributed by atoms with Gasteiger partial charge in [0.1, 0.15) is 11.5 Å². The number of hydrogen-bond acceptors (Lipinski definition) is 4. The van der Waals surface area contributed by atoms with Gasteiger partial charge in [0, 0.05) is 24.7 Å². The summed E-state index contributed by atoms with van der Waals surface area (Å²) in [5.74, 6) is 1.07. The van der Waals surface area contributed by atoms with Crippen LogP contribution in [-0.2, 0) is 4.79 Å². The van der Waals surface area contributed by atoms with E-state index in [0.717, 1.165) is 12.8 Å². The molecule has 5 heteroatoms. The Bertz CT molecular complexity index is 483. The third-order valence-electron chi connectivity index (χ3n) is 3.51. The molecule has 0 radical (unpaired) electrons. The average Bonchev–Trinajstić information content (AvgIpc) is 3.27. The zero-order valence-corrected chi connectivity index (χ0v) is 12.1.